The summed E-state index contributed by atoms with van der Waals surface area (Å²) in [4.78, 5) is 72.1. The molecule has 0 aromatic rings. The first-order valence-corrected chi connectivity index (χ1v) is 38.0. The first kappa shape index (κ1) is 84.1. The molecule has 0 aromatic heterocycles. The van der Waals surface area contributed by atoms with Gasteiger partial charge in [0.1, 0.15) is 19.3 Å². The van der Waals surface area contributed by atoms with Crippen LogP contribution in [0, 0.1) is 11.8 Å². The molecule has 0 aliphatic carbocycles. The highest BCUT2D eigenvalue weighted by Crippen LogP contribution is 2.45. The van der Waals surface area contributed by atoms with Gasteiger partial charge in [0.05, 0.1) is 26.4 Å². The third kappa shape index (κ3) is 59.7. The maximum atomic E-state index is 13.0. The molecule has 3 unspecified atom stereocenters. The molecule has 0 aromatic carbocycles. The molecule has 0 bridgehead atoms. The molecule has 0 saturated heterocycles. The van der Waals surface area contributed by atoms with Crippen LogP contribution in [0.1, 0.15) is 337 Å². The molecule has 6 atom stereocenters. The molecule has 19 heteroatoms. The van der Waals surface area contributed by atoms with Crippen molar-refractivity contribution in [3.05, 3.63) is 0 Å². The number of carbonyl (C=O) groups excluding carboxylic acids is 4. The van der Waals surface area contributed by atoms with Crippen LogP contribution in [0.4, 0.5) is 0 Å². The number of ether oxygens (including phenoxy) is 4. The summed E-state index contributed by atoms with van der Waals surface area (Å²) in [6.07, 6.45) is 43.3. The van der Waals surface area contributed by atoms with Crippen LogP contribution in [0.25, 0.3) is 0 Å². The van der Waals surface area contributed by atoms with Crippen LogP contribution in [-0.2, 0) is 65.4 Å². The standard InChI is InChI=1S/C67H130O17P2/c1-7-10-12-14-15-16-21-27-33-39-45-51-66(71)83-62(55-77-64(69)49-43-35-13-11-8-2)57-81-85(73,74)79-53-61(68)54-80-86(75,76)82-58-63(56-78-65(70)50-44-38-32-29-24-25-30-36-41-47-59(4)5)84-67(72)52-46-40-34-28-23-20-18-17-19-22-26-31-37-42-48-60(6)9-3/h59-63,68H,7-58H2,1-6H3,(H,73,74)(H,75,76)/t60?,61-,62+,63+/m0/s1. The van der Waals surface area contributed by atoms with Gasteiger partial charge >= 0.3 is 39.5 Å². The third-order valence-electron chi connectivity index (χ3n) is 15.8. The monoisotopic (exact) mass is 1270 g/mol. The second-order valence-corrected chi connectivity index (χ2v) is 27.8. The third-order valence-corrected chi connectivity index (χ3v) is 17.7. The van der Waals surface area contributed by atoms with E-state index in [0.29, 0.717) is 25.7 Å². The highest BCUT2D eigenvalue weighted by atomic mass is 31.2. The molecule has 3 N–H and O–H groups in total. The lowest BCUT2D eigenvalue weighted by atomic mass is 9.99. The van der Waals surface area contributed by atoms with Gasteiger partial charge in [-0.3, -0.25) is 37.3 Å². The molecular formula is C67H130O17P2. The fraction of sp³-hybridized carbons (Fsp3) is 0.940. The minimum Gasteiger partial charge on any atom is -0.462 e. The first-order chi connectivity index (χ1) is 41.4. The Morgan fingerprint density at radius 1 is 0.337 bits per heavy atom. The van der Waals surface area contributed by atoms with Crippen molar-refractivity contribution in [2.24, 2.45) is 11.8 Å². The zero-order chi connectivity index (χ0) is 63.6. The highest BCUT2D eigenvalue weighted by Gasteiger charge is 2.30. The fourth-order valence-corrected chi connectivity index (χ4v) is 11.6. The molecule has 0 radical (unpaired) electrons. The van der Waals surface area contributed by atoms with Crippen molar-refractivity contribution >= 4 is 39.5 Å². The van der Waals surface area contributed by atoms with Crippen LogP contribution in [0.5, 0.6) is 0 Å². The summed E-state index contributed by atoms with van der Waals surface area (Å²) < 4.78 is 67.9. The van der Waals surface area contributed by atoms with Gasteiger partial charge in [0.2, 0.25) is 0 Å². The lowest BCUT2D eigenvalue weighted by molar-refractivity contribution is -0.161. The number of phosphoric acid groups is 2. The Hall–Kier alpha value is -1.94. The Morgan fingerprint density at radius 2 is 0.593 bits per heavy atom. The van der Waals surface area contributed by atoms with Crippen molar-refractivity contribution in [3.8, 4) is 0 Å². The number of carbonyl (C=O) groups is 4. The predicted octanol–water partition coefficient (Wildman–Crippen LogP) is 18.8. The molecular weight excluding hydrogens is 1140 g/mol. The van der Waals surface area contributed by atoms with E-state index in [0.717, 1.165) is 108 Å². The summed E-state index contributed by atoms with van der Waals surface area (Å²) in [5, 5.41) is 10.5. The summed E-state index contributed by atoms with van der Waals surface area (Å²) in [7, 11) is -9.88. The van der Waals surface area contributed by atoms with Crippen LogP contribution in [0.2, 0.25) is 0 Å². The molecule has 0 heterocycles. The number of phosphoric ester groups is 2. The van der Waals surface area contributed by atoms with E-state index in [2.05, 4.69) is 41.5 Å². The van der Waals surface area contributed by atoms with Gasteiger partial charge in [-0.15, -0.1) is 0 Å². The Kier molecular flexibility index (Phi) is 58.0. The number of rotatable bonds is 66. The van der Waals surface area contributed by atoms with Crippen LogP contribution in [0.3, 0.4) is 0 Å². The topological polar surface area (TPSA) is 237 Å². The van der Waals surface area contributed by atoms with Crippen molar-refractivity contribution in [3.63, 3.8) is 0 Å². The second kappa shape index (κ2) is 59.4. The van der Waals surface area contributed by atoms with E-state index in [1.54, 1.807) is 0 Å². The Balaban J connectivity index is 5.15. The zero-order valence-corrected chi connectivity index (χ0v) is 57.4. The fourth-order valence-electron chi connectivity index (χ4n) is 10.0. The molecule has 0 aliphatic heterocycles. The van der Waals surface area contributed by atoms with Crippen LogP contribution >= 0.6 is 15.6 Å². The maximum Gasteiger partial charge on any atom is 0.472 e. The Morgan fingerprint density at radius 3 is 0.884 bits per heavy atom. The number of hydrogen-bond acceptors (Lipinski definition) is 15. The van der Waals surface area contributed by atoms with Gasteiger partial charge in [-0.05, 0) is 37.5 Å². The van der Waals surface area contributed by atoms with Crippen molar-refractivity contribution in [2.75, 3.05) is 39.6 Å². The molecule has 0 aliphatic rings. The van der Waals surface area contributed by atoms with Gasteiger partial charge in [-0.25, -0.2) is 9.13 Å². The minimum atomic E-state index is -4.95. The van der Waals surface area contributed by atoms with E-state index in [9.17, 15) is 43.2 Å². The quantitative estimate of drug-likeness (QED) is 0.0222. The molecule has 510 valence electrons. The van der Waals surface area contributed by atoms with Crippen molar-refractivity contribution in [1.82, 2.24) is 0 Å². The summed E-state index contributed by atoms with van der Waals surface area (Å²) in [5.41, 5.74) is 0. The normalized spacial score (nSPS) is 14.5. The van der Waals surface area contributed by atoms with E-state index in [1.165, 1.54) is 148 Å². The molecule has 86 heavy (non-hydrogen) atoms. The molecule has 0 fully saturated rings. The van der Waals surface area contributed by atoms with E-state index in [4.69, 9.17) is 37.0 Å². The summed E-state index contributed by atoms with van der Waals surface area (Å²) >= 11 is 0. The first-order valence-electron chi connectivity index (χ1n) is 35.0. The van der Waals surface area contributed by atoms with Gasteiger partial charge in [0, 0.05) is 25.7 Å². The molecule has 17 nitrogen and oxygen atoms in total. The minimum absolute atomic E-state index is 0.106. The lowest BCUT2D eigenvalue weighted by Crippen LogP contribution is -2.30. The van der Waals surface area contributed by atoms with Gasteiger partial charge in [0.25, 0.3) is 0 Å². The molecule has 0 spiro atoms. The SMILES string of the molecule is CCCCCCCCCCCCCC(=O)O[C@H](COC(=O)CCCCCCC)COP(=O)(O)OC[C@H](O)COP(=O)(O)OC[C@@H](COC(=O)CCCCCCCCCCCC(C)C)OC(=O)CCCCCCCCCCCCCCCCC(C)CC. The number of aliphatic hydroxyl groups is 1. The van der Waals surface area contributed by atoms with Gasteiger partial charge in [-0.2, -0.15) is 0 Å². The second-order valence-electron chi connectivity index (χ2n) is 24.9. The van der Waals surface area contributed by atoms with Crippen LogP contribution in [-0.4, -0.2) is 96.7 Å². The Labute approximate surface area is 524 Å². The van der Waals surface area contributed by atoms with E-state index >= 15 is 0 Å². The average Bonchev–Trinajstić information content (AvgIpc) is 3.52. The van der Waals surface area contributed by atoms with Crippen molar-refractivity contribution in [2.45, 2.75) is 355 Å². The maximum absolute atomic E-state index is 13.0. The number of aliphatic hydroxyl groups excluding tert-OH is 1. The van der Waals surface area contributed by atoms with Crippen molar-refractivity contribution in [1.29, 1.82) is 0 Å². The summed E-state index contributed by atoms with van der Waals surface area (Å²) in [6.45, 7) is 9.47. The zero-order valence-electron chi connectivity index (χ0n) is 55.6. The summed E-state index contributed by atoms with van der Waals surface area (Å²) in [6, 6.07) is 0. The molecule has 0 saturated carbocycles. The van der Waals surface area contributed by atoms with E-state index in [1.807, 2.05) is 0 Å². The van der Waals surface area contributed by atoms with Gasteiger partial charge in [-0.1, -0.05) is 286 Å². The lowest BCUT2D eigenvalue weighted by Gasteiger charge is -2.21. The highest BCUT2D eigenvalue weighted by molar-refractivity contribution is 7.47. The van der Waals surface area contributed by atoms with Gasteiger partial charge < -0.3 is 33.8 Å². The van der Waals surface area contributed by atoms with E-state index in [-0.39, 0.29) is 25.7 Å². The smallest absolute Gasteiger partial charge is 0.462 e. The molecule has 0 amide bonds. The molecule has 0 rings (SSSR count). The predicted molar refractivity (Wildman–Crippen MR) is 345 cm³/mol. The van der Waals surface area contributed by atoms with Crippen LogP contribution in [0.15, 0.2) is 0 Å². The Bertz CT molecular complexity index is 1690. The average molecular weight is 1270 g/mol. The number of esters is 4. The van der Waals surface area contributed by atoms with E-state index < -0.39 is 97.5 Å². The van der Waals surface area contributed by atoms with Gasteiger partial charge in [0.15, 0.2) is 12.2 Å². The number of unbranched alkanes of at least 4 members (excludes halogenated alkanes) is 35. The van der Waals surface area contributed by atoms with Crippen LogP contribution < -0.4 is 0 Å². The summed E-state index contributed by atoms with van der Waals surface area (Å²) in [5.74, 6) is -0.550. The largest absolute Gasteiger partial charge is 0.472 e. The number of hydrogen-bond donors (Lipinski definition) is 3. The van der Waals surface area contributed by atoms with Crippen molar-refractivity contribution < 1.29 is 80.2 Å².